The molecule has 3 fully saturated rings. The molecule has 2 aromatic rings. The number of ketones is 1. The molecule has 4 atom stereocenters. The summed E-state index contributed by atoms with van der Waals surface area (Å²) in [4.78, 5) is 16.3. The van der Waals surface area contributed by atoms with E-state index in [1.54, 1.807) is 6.07 Å². The zero-order chi connectivity index (χ0) is 21.7. The van der Waals surface area contributed by atoms with Gasteiger partial charge in [-0.3, -0.25) is 9.69 Å². The summed E-state index contributed by atoms with van der Waals surface area (Å²) < 4.78 is 6.26. The van der Waals surface area contributed by atoms with Crippen molar-refractivity contribution in [3.8, 4) is 11.5 Å². The lowest BCUT2D eigenvalue weighted by Gasteiger charge is -2.62. The molecule has 2 bridgehead atoms. The van der Waals surface area contributed by atoms with Gasteiger partial charge >= 0.3 is 0 Å². The quantitative estimate of drug-likeness (QED) is 0.734. The second-order valence-corrected chi connectivity index (χ2v) is 10.4. The van der Waals surface area contributed by atoms with Crippen molar-refractivity contribution in [1.82, 2.24) is 4.90 Å². The Bertz CT molecular complexity index is 1170. The molecular weight excluding hydrogens is 402 g/mol. The Kier molecular flexibility index (Phi) is 3.68. The first-order valence-corrected chi connectivity index (χ1v) is 11.8. The number of aromatic hydroxyl groups is 1. The van der Waals surface area contributed by atoms with Crippen molar-refractivity contribution in [2.24, 2.45) is 5.92 Å². The molecule has 0 radical (unpaired) electrons. The number of rotatable bonds is 3. The smallest absolute Gasteiger partial charge is 0.200 e. The average Bonchev–Trinajstić information content (AvgIpc) is 3.52. The largest absolute Gasteiger partial charge is 0.504 e. The van der Waals surface area contributed by atoms with Crippen LogP contribution in [0.3, 0.4) is 0 Å². The minimum absolute atomic E-state index is 0.0572. The van der Waals surface area contributed by atoms with E-state index in [4.69, 9.17) is 4.74 Å². The lowest BCUT2D eigenvalue weighted by Crippen LogP contribution is -2.77. The van der Waals surface area contributed by atoms with Crippen LogP contribution in [0.2, 0.25) is 0 Å². The Morgan fingerprint density at radius 2 is 1.97 bits per heavy atom. The van der Waals surface area contributed by atoms with Gasteiger partial charge in [-0.25, -0.2) is 0 Å². The molecule has 4 unspecified atom stereocenters. The molecule has 1 saturated heterocycles. The van der Waals surface area contributed by atoms with Crippen molar-refractivity contribution in [3.63, 3.8) is 0 Å². The molecule has 2 N–H and O–H groups in total. The highest BCUT2D eigenvalue weighted by Crippen LogP contribution is 2.65. The maximum absolute atomic E-state index is 13.8. The fraction of sp³-hybridized carbons (Fsp3) is 0.444. The molecule has 0 amide bonds. The summed E-state index contributed by atoms with van der Waals surface area (Å²) in [5.74, 6) is 1.14. The van der Waals surface area contributed by atoms with Gasteiger partial charge in [0.25, 0.3) is 0 Å². The Morgan fingerprint density at radius 1 is 1.16 bits per heavy atom. The number of hydrogen-bond donors (Lipinski definition) is 2. The first kappa shape index (κ1) is 18.9. The average molecular weight is 430 g/mol. The van der Waals surface area contributed by atoms with E-state index in [2.05, 4.69) is 4.90 Å². The van der Waals surface area contributed by atoms with E-state index >= 15 is 0 Å². The third kappa shape index (κ3) is 2.28. The summed E-state index contributed by atoms with van der Waals surface area (Å²) in [5.41, 5.74) is 1.67. The zero-order valence-corrected chi connectivity index (χ0v) is 18.0. The molecule has 164 valence electrons. The molecule has 5 heteroatoms. The van der Waals surface area contributed by atoms with E-state index in [0.29, 0.717) is 24.2 Å². The Balaban J connectivity index is 1.42. The number of aliphatic hydroxyl groups is 1. The number of benzene rings is 2. The molecule has 1 spiro atoms. The summed E-state index contributed by atoms with van der Waals surface area (Å²) in [5, 5.41) is 23.2. The molecule has 2 aromatic carbocycles. The summed E-state index contributed by atoms with van der Waals surface area (Å²) in [6, 6.07) is 13.4. The van der Waals surface area contributed by atoms with Gasteiger partial charge in [-0.2, -0.15) is 0 Å². The highest BCUT2D eigenvalue weighted by Gasteiger charge is 2.74. The maximum atomic E-state index is 13.8. The monoisotopic (exact) mass is 429 g/mol. The number of Topliss-reactive ketones (excluding diaryl/α,β-unsaturated/α-hetero) is 1. The van der Waals surface area contributed by atoms with Crippen LogP contribution < -0.4 is 4.74 Å². The number of nitrogens with zero attached hydrogens (tertiary/aromatic N) is 1. The van der Waals surface area contributed by atoms with Crippen LogP contribution in [0.5, 0.6) is 11.5 Å². The fourth-order valence-electron chi connectivity index (χ4n) is 7.06. The van der Waals surface area contributed by atoms with Crippen molar-refractivity contribution < 1.29 is 19.7 Å². The predicted molar refractivity (Wildman–Crippen MR) is 120 cm³/mol. The third-order valence-electron chi connectivity index (χ3n) is 8.67. The van der Waals surface area contributed by atoms with E-state index in [-0.39, 0.29) is 17.6 Å². The van der Waals surface area contributed by atoms with Crippen LogP contribution in [0.1, 0.15) is 42.4 Å². The summed E-state index contributed by atoms with van der Waals surface area (Å²) in [6.45, 7) is 1.86. The van der Waals surface area contributed by atoms with Crippen LogP contribution in [-0.2, 0) is 16.6 Å². The number of hydrogen-bond acceptors (Lipinski definition) is 5. The van der Waals surface area contributed by atoms with E-state index in [0.717, 1.165) is 42.1 Å². The molecule has 5 aliphatic rings. The summed E-state index contributed by atoms with van der Waals surface area (Å²) in [7, 11) is 0. The number of phenols is 1. The molecule has 2 aliphatic heterocycles. The lowest BCUT2D eigenvalue weighted by molar-refractivity contribution is -0.179. The van der Waals surface area contributed by atoms with Crippen molar-refractivity contribution in [3.05, 3.63) is 64.7 Å². The lowest BCUT2D eigenvalue weighted by atomic mass is 9.48. The number of carbonyl (C=O) groups excluding carboxylic acids is 1. The molecular formula is C27H27NO4. The van der Waals surface area contributed by atoms with Gasteiger partial charge in [0, 0.05) is 30.1 Å². The van der Waals surface area contributed by atoms with Crippen molar-refractivity contribution in [2.45, 2.75) is 55.3 Å². The number of phenolic OH excluding ortho intramolecular Hbond substituents is 1. The molecule has 3 aliphatic carbocycles. The van der Waals surface area contributed by atoms with Gasteiger partial charge in [0.2, 0.25) is 0 Å². The van der Waals surface area contributed by atoms with Crippen LogP contribution in [0.4, 0.5) is 0 Å². The number of ether oxygens (including phenoxy) is 1. The van der Waals surface area contributed by atoms with Crippen molar-refractivity contribution in [1.29, 1.82) is 0 Å². The number of likely N-dealkylation sites (tertiary alicyclic amines) is 1. The first-order chi connectivity index (χ1) is 15.5. The van der Waals surface area contributed by atoms with Crippen molar-refractivity contribution >= 4 is 11.9 Å². The van der Waals surface area contributed by atoms with Crippen LogP contribution in [-0.4, -0.2) is 51.7 Å². The number of piperidine rings is 1. The van der Waals surface area contributed by atoms with Gasteiger partial charge in [0.05, 0.1) is 11.0 Å². The molecule has 0 aromatic heterocycles. The van der Waals surface area contributed by atoms with Crippen LogP contribution in [0.15, 0.2) is 48.0 Å². The highest BCUT2D eigenvalue weighted by molar-refractivity contribution is 6.06. The topological polar surface area (TPSA) is 70.0 Å². The molecule has 2 saturated carbocycles. The van der Waals surface area contributed by atoms with Crippen LogP contribution in [0.25, 0.3) is 6.08 Å². The molecule has 7 rings (SSSR count). The normalized spacial score (nSPS) is 36.2. The van der Waals surface area contributed by atoms with Gasteiger partial charge in [0.15, 0.2) is 23.4 Å². The first-order valence-electron chi connectivity index (χ1n) is 11.8. The Hall–Kier alpha value is -2.63. The van der Waals surface area contributed by atoms with Gasteiger partial charge in [-0.1, -0.05) is 36.4 Å². The standard InChI is InChI=1S/C27H27NO4/c29-20-9-8-18-13-21-27(31)14-19(12-16-4-2-1-3-5-16)23(30)25-26(27,22(18)24(20)32-25)10-11-28(21)15-17-6-7-17/h1-5,8-9,12,17,21,25,29,31H,6-7,10-11,13-15H2/b19-12-. The van der Waals surface area contributed by atoms with Crippen LogP contribution in [0, 0.1) is 5.92 Å². The van der Waals surface area contributed by atoms with Gasteiger partial charge in [-0.05, 0) is 61.4 Å². The molecule has 2 heterocycles. The van der Waals surface area contributed by atoms with E-state index in [1.165, 1.54) is 12.8 Å². The van der Waals surface area contributed by atoms with Gasteiger partial charge in [0.1, 0.15) is 0 Å². The van der Waals surface area contributed by atoms with Gasteiger partial charge < -0.3 is 14.9 Å². The van der Waals surface area contributed by atoms with Crippen LogP contribution >= 0.6 is 0 Å². The summed E-state index contributed by atoms with van der Waals surface area (Å²) in [6.07, 6.45) is 5.37. The predicted octanol–water partition coefficient (Wildman–Crippen LogP) is 3.22. The van der Waals surface area contributed by atoms with Gasteiger partial charge in [-0.15, -0.1) is 0 Å². The molecule has 5 nitrogen and oxygen atoms in total. The second kappa shape index (κ2) is 6.24. The van der Waals surface area contributed by atoms with E-state index in [1.807, 2.05) is 42.5 Å². The second-order valence-electron chi connectivity index (χ2n) is 10.4. The number of carbonyl (C=O) groups is 1. The minimum Gasteiger partial charge on any atom is -0.504 e. The Morgan fingerprint density at radius 3 is 2.75 bits per heavy atom. The van der Waals surface area contributed by atoms with E-state index in [9.17, 15) is 15.0 Å². The summed E-state index contributed by atoms with van der Waals surface area (Å²) >= 11 is 0. The highest BCUT2D eigenvalue weighted by atomic mass is 16.5. The van der Waals surface area contributed by atoms with Crippen molar-refractivity contribution in [2.75, 3.05) is 13.1 Å². The maximum Gasteiger partial charge on any atom is 0.200 e. The zero-order valence-electron chi connectivity index (χ0n) is 18.0. The SMILES string of the molecule is O=C1/C(=C\c2ccccc2)CC2(O)C3Cc4ccc(O)c5c4C2(CCN3CC2CC2)C1O5. The third-order valence-corrected chi connectivity index (χ3v) is 8.67. The Labute approximate surface area is 187 Å². The minimum atomic E-state index is -1.11. The molecule has 32 heavy (non-hydrogen) atoms. The van der Waals surface area contributed by atoms with E-state index < -0.39 is 17.1 Å². The fourth-order valence-corrected chi connectivity index (χ4v) is 7.06.